The van der Waals surface area contributed by atoms with Crippen molar-refractivity contribution >= 4 is 11.8 Å². The number of benzene rings is 1. The molecule has 0 spiro atoms. The second-order valence-corrected chi connectivity index (χ2v) is 5.70. The molecule has 2 aliphatic rings. The predicted octanol–water partition coefficient (Wildman–Crippen LogP) is 1.29. The molecule has 1 fully saturated rings. The van der Waals surface area contributed by atoms with E-state index < -0.39 is 0 Å². The number of para-hydroxylation sites is 1. The first kappa shape index (κ1) is 13.9. The van der Waals surface area contributed by atoms with Crippen LogP contribution in [0.15, 0.2) is 24.3 Å². The van der Waals surface area contributed by atoms with Crippen molar-refractivity contribution in [1.82, 2.24) is 10.2 Å². The van der Waals surface area contributed by atoms with Gasteiger partial charge in [-0.2, -0.15) is 0 Å². The number of nitrogens with zero attached hydrogens (tertiary/aromatic N) is 1. The molecule has 1 aromatic rings. The maximum absolute atomic E-state index is 12.7. The van der Waals surface area contributed by atoms with Crippen molar-refractivity contribution in [1.29, 1.82) is 0 Å². The monoisotopic (exact) mass is 288 g/mol. The Labute approximate surface area is 124 Å². The highest BCUT2D eigenvalue weighted by atomic mass is 16.5. The average Bonchev–Trinajstić information content (AvgIpc) is 2.90. The zero-order valence-electron chi connectivity index (χ0n) is 12.2. The van der Waals surface area contributed by atoms with Gasteiger partial charge >= 0.3 is 0 Å². The molecule has 1 atom stereocenters. The highest BCUT2D eigenvalue weighted by Gasteiger charge is 2.34. The summed E-state index contributed by atoms with van der Waals surface area (Å²) in [5.74, 6) is 0.779. The molecule has 0 aliphatic carbocycles. The molecule has 1 N–H and O–H groups in total. The minimum absolute atomic E-state index is 0.00195. The Balaban J connectivity index is 1.62. The Morgan fingerprint density at radius 2 is 1.95 bits per heavy atom. The quantitative estimate of drug-likeness (QED) is 0.892. The number of rotatable bonds is 2. The molecule has 1 unspecified atom stereocenters. The first-order valence-electron chi connectivity index (χ1n) is 7.43. The van der Waals surface area contributed by atoms with Crippen LogP contribution < -0.4 is 10.1 Å². The number of amides is 2. The number of carbonyl (C=O) groups is 2. The summed E-state index contributed by atoms with van der Waals surface area (Å²) in [6.07, 6.45) is 1.64. The predicted molar refractivity (Wildman–Crippen MR) is 78.1 cm³/mol. The molecule has 2 aliphatic heterocycles. The topological polar surface area (TPSA) is 58.6 Å². The fourth-order valence-corrected chi connectivity index (χ4v) is 3.12. The number of fused-ring (bicyclic) bond motifs is 1. The molecular weight excluding hydrogens is 268 g/mol. The van der Waals surface area contributed by atoms with Gasteiger partial charge in [0.25, 0.3) is 0 Å². The van der Waals surface area contributed by atoms with Crippen LogP contribution in [-0.4, -0.2) is 42.5 Å². The highest BCUT2D eigenvalue weighted by Crippen LogP contribution is 2.35. The highest BCUT2D eigenvalue weighted by molar-refractivity contribution is 5.85. The Bertz CT molecular complexity index is 550. The lowest BCUT2D eigenvalue weighted by Crippen LogP contribution is -2.47. The van der Waals surface area contributed by atoms with Crippen LogP contribution in [0.4, 0.5) is 0 Å². The number of hydrogen-bond donors (Lipinski definition) is 1. The third-order valence-corrected chi connectivity index (χ3v) is 4.21. The molecule has 1 saturated heterocycles. The molecule has 1 aromatic carbocycles. The number of ether oxygens (including phenoxy) is 1. The lowest BCUT2D eigenvalue weighted by molar-refractivity contribution is -0.134. The van der Waals surface area contributed by atoms with Crippen molar-refractivity contribution in [3.8, 4) is 5.75 Å². The van der Waals surface area contributed by atoms with Crippen LogP contribution in [0.3, 0.4) is 0 Å². The molecule has 2 amide bonds. The van der Waals surface area contributed by atoms with Gasteiger partial charge in [0.1, 0.15) is 18.3 Å². The van der Waals surface area contributed by atoms with Gasteiger partial charge in [-0.25, -0.2) is 0 Å². The van der Waals surface area contributed by atoms with Crippen LogP contribution in [0.25, 0.3) is 0 Å². The van der Waals surface area contributed by atoms with Gasteiger partial charge in [0, 0.05) is 31.6 Å². The normalized spacial score (nSPS) is 21.6. The summed E-state index contributed by atoms with van der Waals surface area (Å²) in [4.78, 5) is 25.6. The first-order valence-corrected chi connectivity index (χ1v) is 7.43. The maximum Gasteiger partial charge on any atom is 0.233 e. The van der Waals surface area contributed by atoms with Gasteiger partial charge < -0.3 is 15.0 Å². The smallest absolute Gasteiger partial charge is 0.233 e. The molecule has 0 aromatic heterocycles. The van der Waals surface area contributed by atoms with Gasteiger partial charge in [-0.05, 0) is 18.9 Å². The third kappa shape index (κ3) is 2.86. The summed E-state index contributed by atoms with van der Waals surface area (Å²) < 4.78 is 5.59. The van der Waals surface area contributed by atoms with Crippen molar-refractivity contribution in [2.75, 3.05) is 19.7 Å². The molecule has 2 heterocycles. The van der Waals surface area contributed by atoms with Crippen LogP contribution in [0, 0.1) is 0 Å². The minimum Gasteiger partial charge on any atom is -0.492 e. The number of likely N-dealkylation sites (tertiary alicyclic amines) is 1. The van der Waals surface area contributed by atoms with Crippen LogP contribution in [0.5, 0.6) is 5.75 Å². The zero-order valence-corrected chi connectivity index (χ0v) is 12.2. The van der Waals surface area contributed by atoms with Crippen molar-refractivity contribution in [2.45, 2.75) is 31.7 Å². The number of hydrogen-bond acceptors (Lipinski definition) is 3. The first-order chi connectivity index (χ1) is 10.1. The van der Waals surface area contributed by atoms with Crippen LogP contribution in [0.2, 0.25) is 0 Å². The van der Waals surface area contributed by atoms with E-state index in [1.165, 1.54) is 6.92 Å². The van der Waals surface area contributed by atoms with Gasteiger partial charge in [-0.3, -0.25) is 9.59 Å². The van der Waals surface area contributed by atoms with Crippen LogP contribution in [0.1, 0.15) is 31.2 Å². The Kier molecular flexibility index (Phi) is 3.82. The summed E-state index contributed by atoms with van der Waals surface area (Å²) in [6.45, 7) is 3.36. The lowest BCUT2D eigenvalue weighted by Gasteiger charge is -2.33. The van der Waals surface area contributed by atoms with Gasteiger partial charge in [0.15, 0.2) is 0 Å². The van der Waals surface area contributed by atoms with Gasteiger partial charge in [0.2, 0.25) is 11.8 Å². The van der Waals surface area contributed by atoms with E-state index in [0.717, 1.165) is 24.2 Å². The van der Waals surface area contributed by atoms with E-state index in [-0.39, 0.29) is 23.8 Å². The van der Waals surface area contributed by atoms with Crippen LogP contribution in [-0.2, 0) is 9.59 Å². The summed E-state index contributed by atoms with van der Waals surface area (Å²) in [7, 11) is 0. The van der Waals surface area contributed by atoms with E-state index in [4.69, 9.17) is 4.74 Å². The van der Waals surface area contributed by atoms with E-state index >= 15 is 0 Å². The van der Waals surface area contributed by atoms with E-state index in [1.807, 2.05) is 29.2 Å². The largest absolute Gasteiger partial charge is 0.492 e. The van der Waals surface area contributed by atoms with Crippen molar-refractivity contribution < 1.29 is 14.3 Å². The second-order valence-electron chi connectivity index (χ2n) is 5.70. The van der Waals surface area contributed by atoms with Crippen LogP contribution >= 0.6 is 0 Å². The fourth-order valence-electron chi connectivity index (χ4n) is 3.12. The van der Waals surface area contributed by atoms with Gasteiger partial charge in [-0.1, -0.05) is 18.2 Å². The van der Waals surface area contributed by atoms with Crippen molar-refractivity contribution in [3.05, 3.63) is 29.8 Å². The molecule has 0 bridgehead atoms. The molecule has 21 heavy (non-hydrogen) atoms. The van der Waals surface area contributed by atoms with E-state index in [2.05, 4.69) is 5.32 Å². The SMILES string of the molecule is CC(=O)NC1CCN(C(=O)C2COc3ccccc32)CC1. The number of carbonyl (C=O) groups excluding carboxylic acids is 2. The molecule has 5 heteroatoms. The fraction of sp³-hybridized carbons (Fsp3) is 0.500. The average molecular weight is 288 g/mol. The molecular formula is C16H20N2O3. The Morgan fingerprint density at radius 1 is 1.24 bits per heavy atom. The zero-order chi connectivity index (χ0) is 14.8. The minimum atomic E-state index is -0.182. The van der Waals surface area contributed by atoms with Gasteiger partial charge in [0.05, 0.1) is 0 Å². The van der Waals surface area contributed by atoms with Gasteiger partial charge in [-0.15, -0.1) is 0 Å². The molecule has 5 nitrogen and oxygen atoms in total. The molecule has 0 radical (unpaired) electrons. The number of nitrogens with one attached hydrogen (secondary N) is 1. The Morgan fingerprint density at radius 3 is 2.67 bits per heavy atom. The maximum atomic E-state index is 12.7. The standard InChI is InChI=1S/C16H20N2O3/c1-11(19)17-12-6-8-18(9-7-12)16(20)14-10-21-15-5-3-2-4-13(14)15/h2-5,12,14H,6-10H2,1H3,(H,17,19). The summed E-state index contributed by atoms with van der Waals surface area (Å²) in [5, 5.41) is 2.92. The molecule has 112 valence electrons. The molecule has 3 rings (SSSR count). The lowest BCUT2D eigenvalue weighted by atomic mass is 9.97. The van der Waals surface area contributed by atoms with E-state index in [0.29, 0.717) is 19.7 Å². The summed E-state index contributed by atoms with van der Waals surface area (Å²) in [6, 6.07) is 7.93. The van der Waals surface area contributed by atoms with Crippen molar-refractivity contribution in [2.24, 2.45) is 0 Å². The van der Waals surface area contributed by atoms with Crippen molar-refractivity contribution in [3.63, 3.8) is 0 Å². The Hall–Kier alpha value is -2.04. The third-order valence-electron chi connectivity index (χ3n) is 4.21. The van der Waals surface area contributed by atoms with E-state index in [9.17, 15) is 9.59 Å². The summed E-state index contributed by atoms with van der Waals surface area (Å²) in [5.41, 5.74) is 0.992. The second kappa shape index (κ2) is 5.76. The van der Waals surface area contributed by atoms with E-state index in [1.54, 1.807) is 0 Å². The molecule has 0 saturated carbocycles. The summed E-state index contributed by atoms with van der Waals surface area (Å²) >= 11 is 0. The number of piperidine rings is 1.